The van der Waals surface area contributed by atoms with Crippen LogP contribution in [-0.4, -0.2) is 73.3 Å². The van der Waals surface area contributed by atoms with Crippen LogP contribution in [-0.2, 0) is 14.3 Å². The summed E-state index contributed by atoms with van der Waals surface area (Å²) < 4.78 is 10.1. The second-order valence-corrected chi connectivity index (χ2v) is 5.25. The number of ether oxygens (including phenoxy) is 2. The number of carbonyl (C=O) groups is 2. The third-order valence-electron chi connectivity index (χ3n) is 3.46. The maximum absolute atomic E-state index is 11.0. The van der Waals surface area contributed by atoms with Gasteiger partial charge in [0, 0.05) is 6.08 Å². The fourth-order valence-electron chi connectivity index (χ4n) is 2.17. The number of hydrogen-bond donors (Lipinski definition) is 6. The molecule has 0 saturated carbocycles. The van der Waals surface area contributed by atoms with Gasteiger partial charge in [0.1, 0.15) is 18.3 Å². The summed E-state index contributed by atoms with van der Waals surface area (Å²) in [6.07, 6.45) is -6.98. The van der Waals surface area contributed by atoms with Crippen LogP contribution in [0.1, 0.15) is 5.56 Å². The first-order valence-electron chi connectivity index (χ1n) is 7.04. The van der Waals surface area contributed by atoms with Crippen molar-refractivity contribution in [3.05, 3.63) is 29.8 Å². The van der Waals surface area contributed by atoms with Gasteiger partial charge in [-0.3, -0.25) is 0 Å². The number of carboxylic acids is 2. The van der Waals surface area contributed by atoms with Crippen molar-refractivity contribution < 1.29 is 49.7 Å². The van der Waals surface area contributed by atoms with Crippen LogP contribution in [0.25, 0.3) is 6.08 Å². The largest absolute Gasteiger partial charge is 0.504 e. The van der Waals surface area contributed by atoms with Gasteiger partial charge in [-0.05, 0) is 23.8 Å². The average Bonchev–Trinajstić information content (AvgIpc) is 2.55. The summed E-state index contributed by atoms with van der Waals surface area (Å²) in [6, 6.07) is 3.79. The summed E-state index contributed by atoms with van der Waals surface area (Å²) in [5, 5.41) is 56.6. The molecule has 136 valence electrons. The van der Waals surface area contributed by atoms with Gasteiger partial charge in [0.05, 0.1) is 0 Å². The maximum atomic E-state index is 11.0. The van der Waals surface area contributed by atoms with Gasteiger partial charge in [0.2, 0.25) is 6.29 Å². The van der Waals surface area contributed by atoms with Crippen LogP contribution in [0.3, 0.4) is 0 Å². The standard InChI is InChI=1S/C15H16O10/c16-7-3-1-6(2-4-9(17)18)5-8(7)24-15-12(21)10(19)11(20)13(25-15)14(22)23/h1-5,10-13,15-16,19-21H,(H,17,18)(H,22,23)/b4-2+/t10-,11-,12+,13-,15-/m1/s1. The normalized spacial score (nSPS) is 29.5. The Bertz CT molecular complexity index is 685. The number of carboxylic acid groups (broad SMARTS) is 2. The van der Waals surface area contributed by atoms with E-state index < -0.39 is 48.4 Å². The van der Waals surface area contributed by atoms with Crippen LogP contribution in [0.5, 0.6) is 11.5 Å². The van der Waals surface area contributed by atoms with Crippen LogP contribution < -0.4 is 4.74 Å². The van der Waals surface area contributed by atoms with Crippen LogP contribution in [0.15, 0.2) is 24.3 Å². The molecule has 0 bridgehead atoms. The monoisotopic (exact) mass is 356 g/mol. The molecule has 0 aliphatic carbocycles. The average molecular weight is 356 g/mol. The first kappa shape index (κ1) is 18.7. The zero-order valence-electron chi connectivity index (χ0n) is 12.6. The minimum absolute atomic E-state index is 0.246. The van der Waals surface area contributed by atoms with E-state index in [9.17, 15) is 30.0 Å². The first-order chi connectivity index (χ1) is 11.7. The molecular formula is C15H16O10. The van der Waals surface area contributed by atoms with Crippen molar-refractivity contribution in [2.24, 2.45) is 0 Å². The Morgan fingerprint density at radius 1 is 1.08 bits per heavy atom. The molecule has 0 aromatic heterocycles. The molecule has 6 N–H and O–H groups in total. The Labute approximate surface area is 140 Å². The number of hydrogen-bond acceptors (Lipinski definition) is 8. The Kier molecular flexibility index (Phi) is 5.59. The third-order valence-corrected chi connectivity index (χ3v) is 3.46. The highest BCUT2D eigenvalue weighted by Crippen LogP contribution is 2.31. The molecule has 10 heteroatoms. The quantitative estimate of drug-likeness (QED) is 0.350. The molecule has 10 nitrogen and oxygen atoms in total. The minimum Gasteiger partial charge on any atom is -0.504 e. The second-order valence-electron chi connectivity index (χ2n) is 5.25. The van der Waals surface area contributed by atoms with Crippen molar-refractivity contribution in [2.75, 3.05) is 0 Å². The van der Waals surface area contributed by atoms with E-state index in [1.54, 1.807) is 0 Å². The topological polar surface area (TPSA) is 174 Å². The van der Waals surface area contributed by atoms with Crippen molar-refractivity contribution in [2.45, 2.75) is 30.7 Å². The fraction of sp³-hybridized carbons (Fsp3) is 0.333. The van der Waals surface area contributed by atoms with Crippen LogP contribution in [0.4, 0.5) is 0 Å². The molecule has 1 aliphatic rings. The predicted molar refractivity (Wildman–Crippen MR) is 79.7 cm³/mol. The van der Waals surface area contributed by atoms with E-state index in [2.05, 4.69) is 0 Å². The summed E-state index contributed by atoms with van der Waals surface area (Å²) in [5.41, 5.74) is 0.330. The van der Waals surface area contributed by atoms with Gasteiger partial charge in [-0.1, -0.05) is 6.07 Å². The Morgan fingerprint density at radius 3 is 2.36 bits per heavy atom. The van der Waals surface area contributed by atoms with Gasteiger partial charge >= 0.3 is 11.9 Å². The van der Waals surface area contributed by atoms with Gasteiger partial charge < -0.3 is 40.1 Å². The van der Waals surface area contributed by atoms with E-state index in [0.29, 0.717) is 5.56 Å². The highest BCUT2D eigenvalue weighted by Gasteiger charge is 2.48. The number of aliphatic hydroxyl groups excluding tert-OH is 3. The highest BCUT2D eigenvalue weighted by molar-refractivity contribution is 5.85. The minimum atomic E-state index is -1.87. The molecule has 1 fully saturated rings. The van der Waals surface area contributed by atoms with Crippen molar-refractivity contribution >= 4 is 18.0 Å². The molecule has 0 radical (unpaired) electrons. The summed E-state index contributed by atoms with van der Waals surface area (Å²) in [4.78, 5) is 21.6. The van der Waals surface area contributed by atoms with E-state index in [1.165, 1.54) is 24.3 Å². The maximum Gasteiger partial charge on any atom is 0.335 e. The molecule has 0 amide bonds. The third kappa shape index (κ3) is 4.25. The number of aromatic hydroxyl groups is 1. The number of benzene rings is 1. The predicted octanol–water partition coefficient (Wildman–Crippen LogP) is -1.24. The number of aliphatic carboxylic acids is 2. The Morgan fingerprint density at radius 2 is 1.76 bits per heavy atom. The first-order valence-corrected chi connectivity index (χ1v) is 7.04. The fourth-order valence-corrected chi connectivity index (χ4v) is 2.17. The summed E-state index contributed by atoms with van der Waals surface area (Å²) in [7, 11) is 0. The highest BCUT2D eigenvalue weighted by atomic mass is 16.7. The van der Waals surface area contributed by atoms with Crippen LogP contribution >= 0.6 is 0 Å². The van der Waals surface area contributed by atoms with Crippen molar-refractivity contribution in [3.8, 4) is 11.5 Å². The lowest BCUT2D eigenvalue weighted by Gasteiger charge is -2.38. The molecule has 1 aromatic rings. The lowest BCUT2D eigenvalue weighted by molar-refractivity contribution is -0.271. The van der Waals surface area contributed by atoms with Gasteiger partial charge in [-0.2, -0.15) is 0 Å². The zero-order chi connectivity index (χ0) is 18.7. The number of phenolic OH excluding ortho intramolecular Hbond substituents is 1. The van der Waals surface area contributed by atoms with E-state index in [-0.39, 0.29) is 5.75 Å². The molecule has 1 aliphatic heterocycles. The molecule has 1 saturated heterocycles. The second kappa shape index (κ2) is 7.49. The van der Waals surface area contributed by atoms with E-state index in [1.807, 2.05) is 0 Å². The van der Waals surface area contributed by atoms with Gasteiger partial charge in [-0.15, -0.1) is 0 Å². The van der Waals surface area contributed by atoms with Gasteiger partial charge in [-0.25, -0.2) is 9.59 Å². The Balaban J connectivity index is 2.23. The number of phenols is 1. The van der Waals surface area contributed by atoms with Crippen molar-refractivity contribution in [1.29, 1.82) is 0 Å². The van der Waals surface area contributed by atoms with Gasteiger partial charge in [0.15, 0.2) is 17.6 Å². The molecule has 0 unspecified atom stereocenters. The molecule has 2 rings (SSSR count). The van der Waals surface area contributed by atoms with Crippen LogP contribution in [0.2, 0.25) is 0 Å². The smallest absolute Gasteiger partial charge is 0.335 e. The van der Waals surface area contributed by atoms with E-state index in [4.69, 9.17) is 19.7 Å². The Hall–Kier alpha value is -2.66. The molecule has 25 heavy (non-hydrogen) atoms. The zero-order valence-corrected chi connectivity index (χ0v) is 12.6. The molecule has 1 aromatic carbocycles. The molecular weight excluding hydrogens is 340 g/mol. The van der Waals surface area contributed by atoms with Gasteiger partial charge in [0.25, 0.3) is 0 Å². The van der Waals surface area contributed by atoms with Crippen molar-refractivity contribution in [1.82, 2.24) is 0 Å². The SMILES string of the molecule is O=C(O)/C=C/c1ccc(O)c(O[C@@H]2O[C@@H](C(=O)O)[C@H](O)[C@@H](O)[C@@H]2O)c1. The molecule has 0 spiro atoms. The van der Waals surface area contributed by atoms with Crippen LogP contribution in [0, 0.1) is 0 Å². The van der Waals surface area contributed by atoms with E-state index in [0.717, 1.165) is 6.08 Å². The molecule has 1 heterocycles. The molecule has 5 atom stereocenters. The number of aliphatic hydroxyl groups is 3. The van der Waals surface area contributed by atoms with E-state index >= 15 is 0 Å². The summed E-state index contributed by atoms with van der Waals surface area (Å²) >= 11 is 0. The summed E-state index contributed by atoms with van der Waals surface area (Å²) in [6.45, 7) is 0. The summed E-state index contributed by atoms with van der Waals surface area (Å²) in [5.74, 6) is -3.41. The van der Waals surface area contributed by atoms with Crippen molar-refractivity contribution in [3.63, 3.8) is 0 Å². The lowest BCUT2D eigenvalue weighted by Crippen LogP contribution is -2.61. The number of rotatable bonds is 5. The lowest BCUT2D eigenvalue weighted by atomic mass is 9.99.